The first kappa shape index (κ1) is 9.84. The van der Waals surface area contributed by atoms with Gasteiger partial charge in [-0.25, -0.2) is 4.79 Å². The second kappa shape index (κ2) is 3.90. The molecule has 0 aliphatic heterocycles. The van der Waals surface area contributed by atoms with Crippen LogP contribution in [0.15, 0.2) is 51.8 Å². The third-order valence-electron chi connectivity index (χ3n) is 2.72. The molecule has 0 atom stereocenters. The second-order valence-corrected chi connectivity index (χ2v) is 3.86. The SMILES string of the molecule is O=c1[nH]c(Cc2cccc3ccccc23)no1. The molecule has 0 aliphatic rings. The van der Waals surface area contributed by atoms with Crippen molar-refractivity contribution in [2.75, 3.05) is 0 Å². The molecule has 1 N–H and O–H groups in total. The van der Waals surface area contributed by atoms with Crippen molar-refractivity contribution in [3.8, 4) is 0 Å². The summed E-state index contributed by atoms with van der Waals surface area (Å²) in [4.78, 5) is 13.4. The molecule has 0 bridgehead atoms. The van der Waals surface area contributed by atoms with Gasteiger partial charge in [-0.05, 0) is 16.3 Å². The van der Waals surface area contributed by atoms with Gasteiger partial charge in [-0.1, -0.05) is 47.6 Å². The lowest BCUT2D eigenvalue weighted by molar-refractivity contribution is 0.382. The van der Waals surface area contributed by atoms with Gasteiger partial charge in [-0.2, -0.15) is 0 Å². The summed E-state index contributed by atoms with van der Waals surface area (Å²) in [6, 6.07) is 14.2. The van der Waals surface area contributed by atoms with Gasteiger partial charge in [-0.15, -0.1) is 0 Å². The first-order chi connectivity index (χ1) is 8.33. The van der Waals surface area contributed by atoms with E-state index >= 15 is 0 Å². The molecule has 0 unspecified atom stereocenters. The summed E-state index contributed by atoms with van der Waals surface area (Å²) in [7, 11) is 0. The van der Waals surface area contributed by atoms with Crippen molar-refractivity contribution in [1.82, 2.24) is 10.1 Å². The molecule has 0 saturated heterocycles. The standard InChI is InChI=1S/C13H10N2O2/c16-13-14-12(15-17-13)8-10-6-3-5-9-4-1-2-7-11(9)10/h1-7H,8H2,(H,14,15,16). The van der Waals surface area contributed by atoms with Crippen molar-refractivity contribution >= 4 is 10.8 Å². The van der Waals surface area contributed by atoms with E-state index in [0.717, 1.165) is 5.56 Å². The summed E-state index contributed by atoms with van der Waals surface area (Å²) in [6.45, 7) is 0. The van der Waals surface area contributed by atoms with Crippen molar-refractivity contribution in [3.05, 3.63) is 64.4 Å². The molecule has 0 aliphatic carbocycles. The highest BCUT2D eigenvalue weighted by Gasteiger charge is 2.05. The molecule has 4 nitrogen and oxygen atoms in total. The van der Waals surface area contributed by atoms with E-state index in [1.807, 2.05) is 24.3 Å². The predicted molar refractivity (Wildman–Crippen MR) is 63.9 cm³/mol. The molecule has 0 radical (unpaired) electrons. The number of aromatic nitrogens is 2. The van der Waals surface area contributed by atoms with Gasteiger partial charge in [0.2, 0.25) is 0 Å². The van der Waals surface area contributed by atoms with Crippen LogP contribution in [0.4, 0.5) is 0 Å². The maximum Gasteiger partial charge on any atom is 0.438 e. The summed E-state index contributed by atoms with van der Waals surface area (Å²) >= 11 is 0. The summed E-state index contributed by atoms with van der Waals surface area (Å²) in [5.41, 5.74) is 1.12. The Morgan fingerprint density at radius 1 is 1.12 bits per heavy atom. The number of rotatable bonds is 2. The van der Waals surface area contributed by atoms with Crippen LogP contribution in [0.3, 0.4) is 0 Å². The quantitative estimate of drug-likeness (QED) is 0.728. The predicted octanol–water partition coefficient (Wildman–Crippen LogP) is 2.11. The maximum atomic E-state index is 10.9. The van der Waals surface area contributed by atoms with Crippen molar-refractivity contribution < 1.29 is 4.52 Å². The fourth-order valence-electron chi connectivity index (χ4n) is 1.96. The highest BCUT2D eigenvalue weighted by molar-refractivity contribution is 5.85. The lowest BCUT2D eigenvalue weighted by Gasteiger charge is -2.03. The zero-order valence-corrected chi connectivity index (χ0v) is 9.01. The topological polar surface area (TPSA) is 58.9 Å². The maximum absolute atomic E-state index is 10.9. The van der Waals surface area contributed by atoms with Crippen LogP contribution < -0.4 is 5.76 Å². The van der Waals surface area contributed by atoms with E-state index in [1.165, 1.54) is 10.8 Å². The molecule has 2 aromatic carbocycles. The van der Waals surface area contributed by atoms with Gasteiger partial charge in [0, 0.05) is 6.42 Å². The number of H-pyrrole nitrogens is 1. The van der Waals surface area contributed by atoms with E-state index in [0.29, 0.717) is 12.2 Å². The van der Waals surface area contributed by atoms with Crippen LogP contribution in [0.5, 0.6) is 0 Å². The number of hydrogen-bond acceptors (Lipinski definition) is 3. The van der Waals surface area contributed by atoms with Crippen molar-refractivity contribution in [3.63, 3.8) is 0 Å². The van der Waals surface area contributed by atoms with E-state index in [1.54, 1.807) is 0 Å². The van der Waals surface area contributed by atoms with Crippen molar-refractivity contribution in [2.24, 2.45) is 0 Å². The smallest absolute Gasteiger partial charge is 0.296 e. The molecule has 3 aromatic rings. The highest BCUT2D eigenvalue weighted by Crippen LogP contribution is 2.19. The molecule has 0 spiro atoms. The number of nitrogens with one attached hydrogen (secondary N) is 1. The Hall–Kier alpha value is -2.36. The minimum Gasteiger partial charge on any atom is -0.296 e. The monoisotopic (exact) mass is 226 g/mol. The van der Waals surface area contributed by atoms with Gasteiger partial charge in [0.1, 0.15) is 0 Å². The summed E-state index contributed by atoms with van der Waals surface area (Å²) < 4.78 is 4.49. The van der Waals surface area contributed by atoms with Gasteiger partial charge < -0.3 is 0 Å². The van der Waals surface area contributed by atoms with Gasteiger partial charge in [-0.3, -0.25) is 9.51 Å². The second-order valence-electron chi connectivity index (χ2n) is 3.86. The van der Waals surface area contributed by atoms with E-state index in [4.69, 9.17) is 0 Å². The number of hydrogen-bond donors (Lipinski definition) is 1. The van der Waals surface area contributed by atoms with Crippen molar-refractivity contribution in [1.29, 1.82) is 0 Å². The highest BCUT2D eigenvalue weighted by atomic mass is 16.5. The van der Waals surface area contributed by atoms with Crippen LogP contribution in [-0.4, -0.2) is 10.1 Å². The minimum atomic E-state index is -0.514. The molecule has 17 heavy (non-hydrogen) atoms. The van der Waals surface area contributed by atoms with Crippen LogP contribution in [0, 0.1) is 0 Å². The Morgan fingerprint density at radius 3 is 2.76 bits per heavy atom. The van der Waals surface area contributed by atoms with Gasteiger partial charge in [0.15, 0.2) is 5.82 Å². The van der Waals surface area contributed by atoms with Gasteiger partial charge in [0.25, 0.3) is 0 Å². The third kappa shape index (κ3) is 1.85. The molecule has 0 amide bonds. The fraction of sp³-hybridized carbons (Fsp3) is 0.0769. The average Bonchev–Trinajstić information content (AvgIpc) is 2.75. The average molecular weight is 226 g/mol. The fourth-order valence-corrected chi connectivity index (χ4v) is 1.96. The van der Waals surface area contributed by atoms with Gasteiger partial charge in [0.05, 0.1) is 0 Å². The molecule has 84 valence electrons. The number of nitrogens with zero attached hydrogens (tertiary/aromatic N) is 1. The lowest BCUT2D eigenvalue weighted by Crippen LogP contribution is -1.98. The zero-order valence-electron chi connectivity index (χ0n) is 9.01. The number of benzene rings is 2. The van der Waals surface area contributed by atoms with E-state index in [2.05, 4.69) is 32.9 Å². The number of aromatic amines is 1. The van der Waals surface area contributed by atoms with Crippen LogP contribution >= 0.6 is 0 Å². The van der Waals surface area contributed by atoms with E-state index in [-0.39, 0.29) is 0 Å². The first-order valence-corrected chi connectivity index (χ1v) is 5.34. The Morgan fingerprint density at radius 2 is 1.94 bits per heavy atom. The Kier molecular flexibility index (Phi) is 2.26. The Balaban J connectivity index is 2.08. The number of fused-ring (bicyclic) bond motifs is 1. The molecule has 1 heterocycles. The summed E-state index contributed by atoms with van der Waals surface area (Å²) in [5.74, 6) is 0.0339. The Labute approximate surface area is 96.9 Å². The van der Waals surface area contributed by atoms with Crippen LogP contribution in [-0.2, 0) is 6.42 Å². The minimum absolute atomic E-state index is 0.514. The molecular weight excluding hydrogens is 216 g/mol. The summed E-state index contributed by atoms with van der Waals surface area (Å²) in [5, 5.41) is 6.02. The van der Waals surface area contributed by atoms with Gasteiger partial charge >= 0.3 is 5.76 Å². The summed E-state index contributed by atoms with van der Waals surface area (Å²) in [6.07, 6.45) is 0.563. The normalized spacial score (nSPS) is 10.8. The van der Waals surface area contributed by atoms with E-state index < -0.39 is 5.76 Å². The van der Waals surface area contributed by atoms with Crippen LogP contribution in [0.1, 0.15) is 11.4 Å². The van der Waals surface area contributed by atoms with Crippen molar-refractivity contribution in [2.45, 2.75) is 6.42 Å². The molecule has 4 heteroatoms. The molecule has 0 saturated carbocycles. The first-order valence-electron chi connectivity index (χ1n) is 5.34. The lowest BCUT2D eigenvalue weighted by atomic mass is 10.0. The Bertz CT molecular complexity index is 707. The zero-order chi connectivity index (χ0) is 11.7. The third-order valence-corrected chi connectivity index (χ3v) is 2.72. The molecule has 1 aromatic heterocycles. The molecule has 3 rings (SSSR count). The van der Waals surface area contributed by atoms with Crippen LogP contribution in [0.2, 0.25) is 0 Å². The van der Waals surface area contributed by atoms with Crippen LogP contribution in [0.25, 0.3) is 10.8 Å². The van der Waals surface area contributed by atoms with E-state index in [9.17, 15) is 4.79 Å². The largest absolute Gasteiger partial charge is 0.438 e. The molecule has 0 fully saturated rings. The molecular formula is C13H10N2O2.